The van der Waals surface area contributed by atoms with Gasteiger partial charge in [0.05, 0.1) is 6.07 Å². The van der Waals surface area contributed by atoms with Gasteiger partial charge in [-0.3, -0.25) is 9.59 Å². The molecule has 5 nitrogen and oxygen atoms in total. The maximum atomic E-state index is 12.7. The molecule has 2 amide bonds. The van der Waals surface area contributed by atoms with Crippen LogP contribution in [0.4, 0.5) is 13.2 Å². The number of nitrogens with one attached hydrogen (secondary N) is 1. The summed E-state index contributed by atoms with van der Waals surface area (Å²) >= 11 is 0. The molecule has 2 fully saturated rings. The Hall–Kier alpha value is -1.78. The van der Waals surface area contributed by atoms with Crippen molar-refractivity contribution in [2.24, 2.45) is 11.3 Å². The summed E-state index contributed by atoms with van der Waals surface area (Å²) < 4.78 is 37.4. The van der Waals surface area contributed by atoms with Crippen molar-refractivity contribution in [3.05, 3.63) is 0 Å². The van der Waals surface area contributed by atoms with E-state index in [2.05, 4.69) is 0 Å². The summed E-state index contributed by atoms with van der Waals surface area (Å²) in [5, 5.41) is 10.9. The van der Waals surface area contributed by atoms with E-state index in [1.807, 2.05) is 6.07 Å². The lowest BCUT2D eigenvalue weighted by Gasteiger charge is -2.35. The summed E-state index contributed by atoms with van der Waals surface area (Å²) in [4.78, 5) is 25.2. The topological polar surface area (TPSA) is 73.2 Å². The number of hydrogen-bond donors (Lipinski definition) is 1. The number of hydrogen-bond acceptors (Lipinski definition) is 3. The molecule has 1 heterocycles. The van der Waals surface area contributed by atoms with E-state index in [9.17, 15) is 22.8 Å². The van der Waals surface area contributed by atoms with Crippen molar-refractivity contribution < 1.29 is 22.8 Å². The maximum Gasteiger partial charge on any atom is 0.471 e. The lowest BCUT2D eigenvalue weighted by Crippen LogP contribution is -2.58. The van der Waals surface area contributed by atoms with E-state index >= 15 is 0 Å². The molecule has 1 N–H and O–H groups in total. The van der Waals surface area contributed by atoms with Gasteiger partial charge in [0.25, 0.3) is 0 Å². The van der Waals surface area contributed by atoms with Gasteiger partial charge in [-0.25, -0.2) is 0 Å². The van der Waals surface area contributed by atoms with Gasteiger partial charge in [-0.2, -0.15) is 18.4 Å². The molecule has 8 heteroatoms. The molecule has 1 aliphatic heterocycles. The Kier molecular flexibility index (Phi) is 3.88. The molecule has 0 spiro atoms. The Labute approximate surface area is 126 Å². The van der Waals surface area contributed by atoms with Crippen molar-refractivity contribution in [3.8, 4) is 6.07 Å². The van der Waals surface area contributed by atoms with Gasteiger partial charge in [-0.05, 0) is 24.2 Å². The minimum atomic E-state index is -5.05. The fourth-order valence-electron chi connectivity index (χ4n) is 2.90. The van der Waals surface area contributed by atoms with Crippen LogP contribution in [0.15, 0.2) is 0 Å². The first-order valence-electron chi connectivity index (χ1n) is 7.06. The number of amides is 2. The van der Waals surface area contributed by atoms with Crippen LogP contribution in [0.5, 0.6) is 0 Å². The fraction of sp³-hybridized carbons (Fsp3) is 0.786. The van der Waals surface area contributed by atoms with E-state index in [1.54, 1.807) is 26.1 Å². The van der Waals surface area contributed by atoms with Crippen molar-refractivity contribution >= 4 is 11.8 Å². The quantitative estimate of drug-likeness (QED) is 0.840. The summed E-state index contributed by atoms with van der Waals surface area (Å²) in [6.45, 7) is 4.73. The smallest absolute Gasteiger partial charge is 0.336 e. The Morgan fingerprint density at radius 2 is 1.86 bits per heavy atom. The van der Waals surface area contributed by atoms with Crippen LogP contribution in [0, 0.1) is 22.7 Å². The Bertz CT molecular complexity index is 533. The Morgan fingerprint density at radius 1 is 1.27 bits per heavy atom. The number of carbonyl (C=O) groups excluding carboxylic acids is 2. The van der Waals surface area contributed by atoms with E-state index in [-0.39, 0.29) is 12.0 Å². The molecule has 0 radical (unpaired) electrons. The van der Waals surface area contributed by atoms with Gasteiger partial charge in [-0.15, -0.1) is 0 Å². The van der Waals surface area contributed by atoms with Crippen LogP contribution < -0.4 is 5.32 Å². The summed E-state index contributed by atoms with van der Waals surface area (Å²) in [5.74, 6) is -2.49. The zero-order chi connectivity index (χ0) is 16.9. The van der Waals surface area contributed by atoms with E-state index in [0.717, 1.165) is 6.42 Å². The standard InChI is InChI=1S/C14H18F3N3O2/c1-13(2,3)10(19-12(22)14(15,16)17)11(21)20-8(6-18)4-7-5-9(7)20/h7-10H,4-5H2,1-3H3,(H,19,22). The van der Waals surface area contributed by atoms with E-state index in [1.165, 1.54) is 4.90 Å². The zero-order valence-electron chi connectivity index (χ0n) is 12.6. The number of halogens is 3. The van der Waals surface area contributed by atoms with Crippen LogP contribution in [-0.2, 0) is 9.59 Å². The lowest BCUT2D eigenvalue weighted by molar-refractivity contribution is -0.176. The number of piperidine rings is 1. The van der Waals surface area contributed by atoms with Crippen LogP contribution >= 0.6 is 0 Å². The first kappa shape index (κ1) is 16.6. The van der Waals surface area contributed by atoms with Crippen molar-refractivity contribution in [2.75, 3.05) is 0 Å². The molecule has 4 unspecified atom stereocenters. The Balaban J connectivity index is 2.21. The molecule has 0 bridgehead atoms. The van der Waals surface area contributed by atoms with Crippen molar-refractivity contribution in [3.63, 3.8) is 0 Å². The summed E-state index contributed by atoms with van der Waals surface area (Å²) in [6, 6.07) is -0.00691. The van der Waals surface area contributed by atoms with Gasteiger partial charge >= 0.3 is 12.1 Å². The lowest BCUT2D eigenvalue weighted by atomic mass is 9.85. The first-order valence-corrected chi connectivity index (χ1v) is 7.06. The van der Waals surface area contributed by atoms with Crippen LogP contribution in [-0.4, -0.2) is 41.0 Å². The largest absolute Gasteiger partial charge is 0.471 e. The van der Waals surface area contributed by atoms with E-state index < -0.39 is 35.5 Å². The minimum Gasteiger partial charge on any atom is -0.336 e. The van der Waals surface area contributed by atoms with Gasteiger partial charge in [0.1, 0.15) is 12.1 Å². The zero-order valence-corrected chi connectivity index (χ0v) is 12.6. The second-order valence-corrected chi connectivity index (χ2v) is 6.96. The molecule has 4 atom stereocenters. The molecular weight excluding hydrogens is 299 g/mol. The van der Waals surface area contributed by atoms with Gasteiger partial charge in [0.2, 0.25) is 5.91 Å². The molecule has 0 aromatic rings. The number of carbonyl (C=O) groups is 2. The van der Waals surface area contributed by atoms with E-state index in [0.29, 0.717) is 6.42 Å². The van der Waals surface area contributed by atoms with Crippen molar-refractivity contribution in [1.82, 2.24) is 10.2 Å². The third kappa shape index (κ3) is 3.03. The third-order valence-corrected chi connectivity index (χ3v) is 4.15. The molecule has 1 saturated heterocycles. The Morgan fingerprint density at radius 3 is 2.32 bits per heavy atom. The van der Waals surface area contributed by atoms with Crippen molar-refractivity contribution in [1.29, 1.82) is 5.26 Å². The first-order chi connectivity index (χ1) is 9.96. The average molecular weight is 317 g/mol. The molecule has 1 saturated carbocycles. The van der Waals surface area contributed by atoms with E-state index in [4.69, 9.17) is 5.26 Å². The predicted octanol–water partition coefficient (Wildman–Crippen LogP) is 1.59. The highest BCUT2D eigenvalue weighted by atomic mass is 19.4. The van der Waals surface area contributed by atoms with Gasteiger partial charge in [0.15, 0.2) is 0 Å². The maximum absolute atomic E-state index is 12.7. The number of fused-ring (bicyclic) bond motifs is 1. The normalized spacial score (nSPS) is 28.6. The molecule has 22 heavy (non-hydrogen) atoms. The molecule has 0 aromatic heterocycles. The summed E-state index contributed by atoms with van der Waals surface area (Å²) in [6.07, 6.45) is -3.73. The molecule has 2 rings (SSSR count). The predicted molar refractivity (Wildman–Crippen MR) is 70.2 cm³/mol. The minimum absolute atomic E-state index is 0.0789. The molecule has 2 aliphatic rings. The number of rotatable bonds is 2. The number of alkyl halides is 3. The summed E-state index contributed by atoms with van der Waals surface area (Å²) in [7, 11) is 0. The number of nitriles is 1. The fourth-order valence-corrected chi connectivity index (χ4v) is 2.90. The highest BCUT2D eigenvalue weighted by Crippen LogP contribution is 2.48. The molecule has 1 aliphatic carbocycles. The van der Waals surface area contributed by atoms with Crippen molar-refractivity contribution in [2.45, 2.75) is 57.9 Å². The summed E-state index contributed by atoms with van der Waals surface area (Å²) in [5.41, 5.74) is -0.898. The van der Waals surface area contributed by atoms with Crippen LogP contribution in [0.3, 0.4) is 0 Å². The van der Waals surface area contributed by atoms with Gasteiger partial charge in [-0.1, -0.05) is 20.8 Å². The van der Waals surface area contributed by atoms with Crippen LogP contribution in [0.25, 0.3) is 0 Å². The molecule has 0 aromatic carbocycles. The average Bonchev–Trinajstić information content (AvgIpc) is 3.03. The highest BCUT2D eigenvalue weighted by molar-refractivity contribution is 5.91. The second kappa shape index (κ2) is 5.14. The third-order valence-electron chi connectivity index (χ3n) is 4.15. The van der Waals surface area contributed by atoms with Gasteiger partial charge < -0.3 is 10.2 Å². The van der Waals surface area contributed by atoms with Crippen LogP contribution in [0.2, 0.25) is 0 Å². The molecule has 122 valence electrons. The van der Waals surface area contributed by atoms with Gasteiger partial charge in [0, 0.05) is 6.04 Å². The monoisotopic (exact) mass is 317 g/mol. The van der Waals surface area contributed by atoms with Crippen LogP contribution in [0.1, 0.15) is 33.6 Å². The SMILES string of the molecule is CC(C)(C)C(NC(=O)C(F)(F)F)C(=O)N1C(C#N)CC2CC21. The molecular formula is C14H18F3N3O2. The second-order valence-electron chi connectivity index (χ2n) is 6.96. The number of likely N-dealkylation sites (tertiary alicyclic amines) is 1. The highest BCUT2D eigenvalue weighted by Gasteiger charge is 2.56. The number of nitrogens with zero attached hydrogens (tertiary/aromatic N) is 2.